The van der Waals surface area contributed by atoms with Crippen LogP contribution in [0, 0.1) is 13.8 Å². The molecule has 0 amide bonds. The number of hydrogen-bond donors (Lipinski definition) is 1. The summed E-state index contributed by atoms with van der Waals surface area (Å²) in [5.74, 6) is 0. The number of aryl methyl sites for hydroxylation is 1. The fourth-order valence-electron chi connectivity index (χ4n) is 1.71. The van der Waals surface area contributed by atoms with Gasteiger partial charge in [0.2, 0.25) is 0 Å². The molecular weight excluding hydrogens is 146 g/mol. The molecule has 0 spiro atoms. The van der Waals surface area contributed by atoms with Gasteiger partial charge in [0.15, 0.2) is 0 Å². The summed E-state index contributed by atoms with van der Waals surface area (Å²) in [6, 6.07) is 7.19. The Morgan fingerprint density at radius 2 is 2.08 bits per heavy atom. The van der Waals surface area contributed by atoms with Gasteiger partial charge >= 0.3 is 0 Å². The van der Waals surface area contributed by atoms with Crippen LogP contribution >= 0.6 is 0 Å². The first kappa shape index (κ1) is 7.81. The maximum atomic E-state index is 3.43. The Kier molecular flexibility index (Phi) is 1.89. The minimum Gasteiger partial charge on any atom is -0.310 e. The molecule has 64 valence electrons. The Balaban J connectivity index is 2.36. The quantitative estimate of drug-likeness (QED) is 0.666. The highest BCUT2D eigenvalue weighted by atomic mass is 15.0. The molecule has 1 aromatic rings. The molecule has 2 rings (SSSR count). The molecule has 0 aliphatic carbocycles. The monoisotopic (exact) mass is 161 g/mol. The first-order valence-corrected chi connectivity index (χ1v) is 4.58. The topological polar surface area (TPSA) is 12.0 Å². The average molecular weight is 161 g/mol. The summed E-state index contributed by atoms with van der Waals surface area (Å²) in [4.78, 5) is 0. The van der Waals surface area contributed by atoms with Gasteiger partial charge in [-0.3, -0.25) is 0 Å². The van der Waals surface area contributed by atoms with Crippen molar-refractivity contribution in [1.82, 2.24) is 5.32 Å². The SMILES string of the molecule is Cc1cccc([C@H]2CCN2)c1C. The zero-order valence-electron chi connectivity index (χ0n) is 7.72. The van der Waals surface area contributed by atoms with Crippen molar-refractivity contribution in [3.8, 4) is 0 Å². The Labute approximate surface area is 73.8 Å². The smallest absolute Gasteiger partial charge is 0.0335 e. The second-order valence-electron chi connectivity index (χ2n) is 3.58. The van der Waals surface area contributed by atoms with E-state index in [1.165, 1.54) is 29.7 Å². The van der Waals surface area contributed by atoms with Crippen LogP contribution in [-0.4, -0.2) is 6.54 Å². The number of benzene rings is 1. The van der Waals surface area contributed by atoms with Crippen LogP contribution in [0.1, 0.15) is 29.2 Å². The highest BCUT2D eigenvalue weighted by Gasteiger charge is 2.19. The van der Waals surface area contributed by atoms with Crippen LogP contribution in [0.25, 0.3) is 0 Å². The van der Waals surface area contributed by atoms with Crippen molar-refractivity contribution in [1.29, 1.82) is 0 Å². The lowest BCUT2D eigenvalue weighted by atomic mass is 9.92. The number of hydrogen-bond acceptors (Lipinski definition) is 1. The molecule has 1 aliphatic rings. The highest BCUT2D eigenvalue weighted by Crippen LogP contribution is 2.26. The summed E-state index contributed by atoms with van der Waals surface area (Å²) >= 11 is 0. The first-order valence-electron chi connectivity index (χ1n) is 4.58. The lowest BCUT2D eigenvalue weighted by molar-refractivity contribution is 0.382. The molecule has 12 heavy (non-hydrogen) atoms. The van der Waals surface area contributed by atoms with Gasteiger partial charge in [-0.05, 0) is 43.5 Å². The van der Waals surface area contributed by atoms with E-state index in [1.54, 1.807) is 0 Å². The van der Waals surface area contributed by atoms with Gasteiger partial charge < -0.3 is 5.32 Å². The standard InChI is InChI=1S/C11H15N/c1-8-4-3-5-10(9(8)2)11-6-7-12-11/h3-5,11-12H,6-7H2,1-2H3/t11-/m1/s1. The predicted molar refractivity (Wildman–Crippen MR) is 51.3 cm³/mol. The van der Waals surface area contributed by atoms with E-state index in [0.29, 0.717) is 6.04 Å². The molecule has 1 aromatic carbocycles. The molecule has 0 saturated carbocycles. The van der Waals surface area contributed by atoms with E-state index in [9.17, 15) is 0 Å². The molecule has 1 heteroatoms. The van der Waals surface area contributed by atoms with Crippen LogP contribution in [0.15, 0.2) is 18.2 Å². The molecule has 0 unspecified atom stereocenters. The van der Waals surface area contributed by atoms with Crippen molar-refractivity contribution in [3.63, 3.8) is 0 Å². The Bertz CT molecular complexity index is 287. The normalized spacial score (nSPS) is 22.0. The largest absolute Gasteiger partial charge is 0.310 e. The molecule has 1 N–H and O–H groups in total. The Morgan fingerprint density at radius 1 is 1.33 bits per heavy atom. The van der Waals surface area contributed by atoms with Crippen LogP contribution in [0.3, 0.4) is 0 Å². The summed E-state index contributed by atoms with van der Waals surface area (Å²) in [5.41, 5.74) is 4.34. The number of rotatable bonds is 1. The van der Waals surface area contributed by atoms with Gasteiger partial charge in [-0.25, -0.2) is 0 Å². The number of nitrogens with one attached hydrogen (secondary N) is 1. The first-order chi connectivity index (χ1) is 5.79. The summed E-state index contributed by atoms with van der Waals surface area (Å²) in [6.45, 7) is 5.57. The molecular formula is C11H15N. The summed E-state index contributed by atoms with van der Waals surface area (Å²) in [7, 11) is 0. The van der Waals surface area contributed by atoms with Crippen molar-refractivity contribution < 1.29 is 0 Å². The summed E-state index contributed by atoms with van der Waals surface area (Å²) < 4.78 is 0. The second kappa shape index (κ2) is 2.91. The highest BCUT2D eigenvalue weighted by molar-refractivity contribution is 5.36. The second-order valence-corrected chi connectivity index (χ2v) is 3.58. The molecule has 1 nitrogen and oxygen atoms in total. The summed E-state index contributed by atoms with van der Waals surface area (Å²) in [5, 5.41) is 3.43. The van der Waals surface area contributed by atoms with Gasteiger partial charge in [0.1, 0.15) is 0 Å². The third kappa shape index (κ3) is 1.14. The molecule has 1 aliphatic heterocycles. The van der Waals surface area contributed by atoms with E-state index < -0.39 is 0 Å². The van der Waals surface area contributed by atoms with Gasteiger partial charge in [0.05, 0.1) is 0 Å². The van der Waals surface area contributed by atoms with Crippen LogP contribution in [0.4, 0.5) is 0 Å². The van der Waals surface area contributed by atoms with Crippen molar-refractivity contribution in [2.45, 2.75) is 26.3 Å². The van der Waals surface area contributed by atoms with Crippen LogP contribution in [-0.2, 0) is 0 Å². The van der Waals surface area contributed by atoms with Crippen LogP contribution in [0.2, 0.25) is 0 Å². The fraction of sp³-hybridized carbons (Fsp3) is 0.455. The van der Waals surface area contributed by atoms with E-state index in [1.807, 2.05) is 0 Å². The minimum atomic E-state index is 0.630. The lowest BCUT2D eigenvalue weighted by Gasteiger charge is -2.29. The van der Waals surface area contributed by atoms with E-state index in [4.69, 9.17) is 0 Å². The van der Waals surface area contributed by atoms with Crippen molar-refractivity contribution in [2.24, 2.45) is 0 Å². The zero-order valence-corrected chi connectivity index (χ0v) is 7.72. The average Bonchev–Trinajstić information content (AvgIpc) is 1.95. The van der Waals surface area contributed by atoms with E-state index in [2.05, 4.69) is 37.4 Å². The maximum Gasteiger partial charge on any atom is 0.0335 e. The van der Waals surface area contributed by atoms with Crippen molar-refractivity contribution >= 4 is 0 Å². The molecule has 0 aromatic heterocycles. The third-order valence-corrected chi connectivity index (χ3v) is 2.85. The van der Waals surface area contributed by atoms with Crippen molar-refractivity contribution in [3.05, 3.63) is 34.9 Å². The van der Waals surface area contributed by atoms with Crippen LogP contribution < -0.4 is 5.32 Å². The van der Waals surface area contributed by atoms with Gasteiger partial charge in [-0.2, -0.15) is 0 Å². The maximum absolute atomic E-state index is 3.43. The predicted octanol–water partition coefficient (Wildman–Crippen LogP) is 2.34. The van der Waals surface area contributed by atoms with Gasteiger partial charge in [0.25, 0.3) is 0 Å². The molecule has 1 atom stereocenters. The summed E-state index contributed by atoms with van der Waals surface area (Å²) in [6.07, 6.45) is 1.30. The van der Waals surface area contributed by atoms with Crippen LogP contribution in [0.5, 0.6) is 0 Å². The molecule has 1 saturated heterocycles. The lowest BCUT2D eigenvalue weighted by Crippen LogP contribution is -2.35. The van der Waals surface area contributed by atoms with Gasteiger partial charge in [-0.1, -0.05) is 18.2 Å². The third-order valence-electron chi connectivity index (χ3n) is 2.85. The van der Waals surface area contributed by atoms with Gasteiger partial charge in [-0.15, -0.1) is 0 Å². The Hall–Kier alpha value is -0.820. The van der Waals surface area contributed by atoms with E-state index in [-0.39, 0.29) is 0 Å². The van der Waals surface area contributed by atoms with Crippen molar-refractivity contribution in [2.75, 3.05) is 6.54 Å². The zero-order chi connectivity index (χ0) is 8.55. The molecule has 1 heterocycles. The minimum absolute atomic E-state index is 0.630. The fourth-order valence-corrected chi connectivity index (χ4v) is 1.71. The Morgan fingerprint density at radius 3 is 2.67 bits per heavy atom. The molecule has 0 radical (unpaired) electrons. The van der Waals surface area contributed by atoms with E-state index in [0.717, 1.165) is 0 Å². The van der Waals surface area contributed by atoms with Gasteiger partial charge in [0, 0.05) is 6.04 Å². The van der Waals surface area contributed by atoms with E-state index >= 15 is 0 Å². The molecule has 1 fully saturated rings. The molecule has 0 bridgehead atoms.